The molecule has 1 rings (SSSR count). The molecule has 1 saturated carbocycles. The van der Waals surface area contributed by atoms with E-state index in [-0.39, 0.29) is 0 Å². The topological polar surface area (TPSA) is 38.0 Å². The summed E-state index contributed by atoms with van der Waals surface area (Å²) in [5.41, 5.74) is 2.90. The first-order valence-corrected chi connectivity index (χ1v) is 6.93. The molecule has 1 aliphatic carbocycles. The molecule has 15 heavy (non-hydrogen) atoms. The van der Waals surface area contributed by atoms with Crippen molar-refractivity contribution in [2.24, 2.45) is 5.84 Å². The number of unbranched alkanes of at least 4 members (excludes halogenated alkanes) is 1. The average molecular weight is 226 g/mol. The van der Waals surface area contributed by atoms with Crippen LogP contribution in [0.5, 0.6) is 0 Å². The molecule has 0 bridgehead atoms. The number of rotatable bonds is 7. The Morgan fingerprint density at radius 1 is 1.47 bits per heavy atom. The van der Waals surface area contributed by atoms with Crippen molar-refractivity contribution in [2.75, 3.05) is 5.75 Å². The van der Waals surface area contributed by atoms with Gasteiger partial charge in [-0.05, 0) is 25.7 Å². The molecule has 1 unspecified atom stereocenters. The molecule has 0 aliphatic heterocycles. The molecule has 86 valence electrons. The number of nitrogens with one attached hydrogen (secondary N) is 1. The summed E-state index contributed by atoms with van der Waals surface area (Å²) in [4.78, 5) is 0. The van der Waals surface area contributed by atoms with Gasteiger partial charge in [0.25, 0.3) is 0 Å². The highest BCUT2D eigenvalue weighted by atomic mass is 32.2. The maximum atomic E-state index is 5.52. The van der Waals surface area contributed by atoms with Crippen molar-refractivity contribution in [3.63, 3.8) is 0 Å². The maximum Gasteiger partial charge on any atom is 0.0301 e. The zero-order valence-electron chi connectivity index (χ0n) is 9.37. The second kappa shape index (κ2) is 8.04. The fourth-order valence-electron chi connectivity index (χ4n) is 1.97. The highest BCUT2D eigenvalue weighted by molar-refractivity contribution is 7.99. The Bertz CT molecular complexity index is 194. The lowest BCUT2D eigenvalue weighted by molar-refractivity contribution is 0.523. The molecule has 0 aromatic carbocycles. The van der Waals surface area contributed by atoms with E-state index in [1.807, 2.05) is 0 Å². The van der Waals surface area contributed by atoms with Crippen LogP contribution in [0.3, 0.4) is 0 Å². The first-order chi connectivity index (χ1) is 7.36. The molecule has 0 saturated heterocycles. The van der Waals surface area contributed by atoms with Crippen LogP contribution in [-0.4, -0.2) is 17.0 Å². The lowest BCUT2D eigenvalue weighted by Crippen LogP contribution is -2.37. The normalized spacial score (nSPS) is 18.9. The monoisotopic (exact) mass is 226 g/mol. The largest absolute Gasteiger partial charge is 0.271 e. The minimum Gasteiger partial charge on any atom is -0.271 e. The third-order valence-electron chi connectivity index (χ3n) is 2.94. The maximum absolute atomic E-state index is 5.52. The van der Waals surface area contributed by atoms with E-state index in [4.69, 9.17) is 12.3 Å². The van der Waals surface area contributed by atoms with Gasteiger partial charge in [0.15, 0.2) is 0 Å². The Labute approximate surface area is 97.7 Å². The zero-order valence-corrected chi connectivity index (χ0v) is 10.2. The van der Waals surface area contributed by atoms with Crippen molar-refractivity contribution >= 4 is 11.8 Å². The van der Waals surface area contributed by atoms with Gasteiger partial charge in [0.2, 0.25) is 0 Å². The van der Waals surface area contributed by atoms with Crippen LogP contribution in [0.15, 0.2) is 0 Å². The fraction of sp³-hybridized carbons (Fsp3) is 0.833. The van der Waals surface area contributed by atoms with Gasteiger partial charge in [-0.25, -0.2) is 0 Å². The lowest BCUT2D eigenvalue weighted by atomic mass is 10.1. The molecule has 0 aromatic rings. The van der Waals surface area contributed by atoms with Crippen LogP contribution in [-0.2, 0) is 0 Å². The molecule has 0 spiro atoms. The number of nitrogens with two attached hydrogens (primary N) is 1. The Morgan fingerprint density at radius 3 is 2.80 bits per heavy atom. The molecule has 1 atom stereocenters. The molecule has 3 heteroatoms. The first kappa shape index (κ1) is 12.9. The Morgan fingerprint density at radius 2 is 2.20 bits per heavy atom. The van der Waals surface area contributed by atoms with E-state index in [1.54, 1.807) is 0 Å². The lowest BCUT2D eigenvalue weighted by Gasteiger charge is -2.17. The standard InChI is InChI=1S/C12H22N2S/c1-2-3-4-7-11(14-13)10-15-12-8-5-6-9-12/h1,11-12,14H,3-10,13H2. The van der Waals surface area contributed by atoms with Gasteiger partial charge in [0.1, 0.15) is 0 Å². The van der Waals surface area contributed by atoms with Crippen LogP contribution in [0.1, 0.15) is 44.9 Å². The smallest absolute Gasteiger partial charge is 0.0301 e. The Hall–Kier alpha value is -0.170. The van der Waals surface area contributed by atoms with Crippen LogP contribution in [0.25, 0.3) is 0 Å². The minimum atomic E-state index is 0.434. The van der Waals surface area contributed by atoms with E-state index in [0.717, 1.165) is 30.3 Å². The third kappa shape index (κ3) is 5.46. The zero-order chi connectivity index (χ0) is 10.9. The summed E-state index contributed by atoms with van der Waals surface area (Å²) in [6.45, 7) is 0. The van der Waals surface area contributed by atoms with Gasteiger partial charge >= 0.3 is 0 Å². The number of hydrogen-bond acceptors (Lipinski definition) is 3. The van der Waals surface area contributed by atoms with E-state index in [2.05, 4.69) is 23.1 Å². The summed E-state index contributed by atoms with van der Waals surface area (Å²) in [5, 5.41) is 0.883. The van der Waals surface area contributed by atoms with Crippen molar-refractivity contribution < 1.29 is 0 Å². The van der Waals surface area contributed by atoms with E-state index < -0.39 is 0 Å². The molecule has 2 nitrogen and oxygen atoms in total. The van der Waals surface area contributed by atoms with Gasteiger partial charge in [-0.1, -0.05) is 12.8 Å². The van der Waals surface area contributed by atoms with Gasteiger partial charge in [-0.3, -0.25) is 11.3 Å². The van der Waals surface area contributed by atoms with Gasteiger partial charge < -0.3 is 0 Å². The van der Waals surface area contributed by atoms with Crippen LogP contribution < -0.4 is 11.3 Å². The van der Waals surface area contributed by atoms with Gasteiger partial charge in [-0.2, -0.15) is 11.8 Å². The highest BCUT2D eigenvalue weighted by Crippen LogP contribution is 2.29. The van der Waals surface area contributed by atoms with E-state index in [9.17, 15) is 0 Å². The summed E-state index contributed by atoms with van der Waals surface area (Å²) in [7, 11) is 0. The number of hydrogen-bond donors (Lipinski definition) is 2. The van der Waals surface area contributed by atoms with Gasteiger partial charge in [0.05, 0.1) is 0 Å². The number of thioether (sulfide) groups is 1. The predicted octanol–water partition coefficient (Wildman–Crippen LogP) is 2.30. The molecular weight excluding hydrogens is 204 g/mol. The Kier molecular flexibility index (Phi) is 6.91. The van der Waals surface area contributed by atoms with Crippen molar-refractivity contribution in [1.82, 2.24) is 5.43 Å². The van der Waals surface area contributed by atoms with Crippen LogP contribution in [0, 0.1) is 12.3 Å². The third-order valence-corrected chi connectivity index (χ3v) is 4.48. The van der Waals surface area contributed by atoms with Gasteiger partial charge in [-0.15, -0.1) is 12.3 Å². The summed E-state index contributed by atoms with van der Waals surface area (Å²) in [5.74, 6) is 9.32. The van der Waals surface area contributed by atoms with Gasteiger partial charge in [0, 0.05) is 23.5 Å². The second-order valence-electron chi connectivity index (χ2n) is 4.20. The van der Waals surface area contributed by atoms with E-state index in [1.165, 1.54) is 25.7 Å². The molecule has 0 heterocycles. The quantitative estimate of drug-likeness (QED) is 0.303. The summed E-state index contributed by atoms with van der Waals surface area (Å²) in [6, 6.07) is 0.434. The summed E-state index contributed by atoms with van der Waals surface area (Å²) in [6.07, 6.45) is 13.9. The van der Waals surface area contributed by atoms with Crippen molar-refractivity contribution in [1.29, 1.82) is 0 Å². The molecule has 1 aliphatic rings. The molecule has 3 N–H and O–H groups in total. The SMILES string of the molecule is C#CCCCC(CSC1CCCC1)NN. The second-order valence-corrected chi connectivity index (χ2v) is 5.53. The molecule has 1 fully saturated rings. The molecule has 0 radical (unpaired) electrons. The van der Waals surface area contributed by atoms with Crippen molar-refractivity contribution in [3.05, 3.63) is 0 Å². The first-order valence-electron chi connectivity index (χ1n) is 5.88. The summed E-state index contributed by atoms with van der Waals surface area (Å²) >= 11 is 2.08. The Balaban J connectivity index is 2.07. The van der Waals surface area contributed by atoms with E-state index in [0.29, 0.717) is 6.04 Å². The molecule has 0 amide bonds. The van der Waals surface area contributed by atoms with Crippen LogP contribution in [0.2, 0.25) is 0 Å². The van der Waals surface area contributed by atoms with E-state index >= 15 is 0 Å². The van der Waals surface area contributed by atoms with Crippen LogP contribution >= 0.6 is 11.8 Å². The fourth-order valence-corrected chi connectivity index (χ4v) is 3.41. The summed E-state index contributed by atoms with van der Waals surface area (Å²) < 4.78 is 0. The predicted molar refractivity (Wildman–Crippen MR) is 68.5 cm³/mol. The number of hydrazine groups is 1. The average Bonchev–Trinajstić information content (AvgIpc) is 2.76. The van der Waals surface area contributed by atoms with Crippen molar-refractivity contribution in [3.8, 4) is 12.3 Å². The minimum absolute atomic E-state index is 0.434. The number of terminal acetylenes is 1. The highest BCUT2D eigenvalue weighted by Gasteiger charge is 2.17. The van der Waals surface area contributed by atoms with Crippen LogP contribution in [0.4, 0.5) is 0 Å². The molecule has 0 aromatic heterocycles. The van der Waals surface area contributed by atoms with Crippen molar-refractivity contribution in [2.45, 2.75) is 56.2 Å². The molecular formula is C12H22N2S.